The van der Waals surface area contributed by atoms with Crippen LogP contribution in [0.25, 0.3) is 0 Å². The van der Waals surface area contributed by atoms with Crippen molar-refractivity contribution in [2.24, 2.45) is 5.92 Å². The standard InChI is InChI=1S/C11H16N4/c1-8-3-2-4-9(7-8)11-13-10(5-6-12)14-15-11/h8-9H,2-5,7H2,1H3,(H,13,14,15). The number of rotatable bonds is 2. The first-order chi connectivity index (χ1) is 7.29. The molecule has 0 amide bonds. The normalized spacial score (nSPS) is 26.1. The van der Waals surface area contributed by atoms with E-state index in [1.54, 1.807) is 0 Å². The molecule has 1 saturated carbocycles. The predicted octanol–water partition coefficient (Wildman–Crippen LogP) is 2.16. The Kier molecular flexibility index (Phi) is 3.00. The summed E-state index contributed by atoms with van der Waals surface area (Å²) < 4.78 is 0. The zero-order valence-corrected chi connectivity index (χ0v) is 9.03. The van der Waals surface area contributed by atoms with Gasteiger partial charge in [0.05, 0.1) is 12.5 Å². The molecule has 0 bridgehead atoms. The summed E-state index contributed by atoms with van der Waals surface area (Å²) in [5.41, 5.74) is 0. The van der Waals surface area contributed by atoms with Gasteiger partial charge in [0.2, 0.25) is 0 Å². The fraction of sp³-hybridized carbons (Fsp3) is 0.727. The van der Waals surface area contributed by atoms with E-state index in [-0.39, 0.29) is 0 Å². The number of nitriles is 1. The van der Waals surface area contributed by atoms with Crippen LogP contribution in [0.1, 0.15) is 50.2 Å². The summed E-state index contributed by atoms with van der Waals surface area (Å²) in [6, 6.07) is 2.08. The highest BCUT2D eigenvalue weighted by Crippen LogP contribution is 2.34. The number of hydrogen-bond donors (Lipinski definition) is 1. The van der Waals surface area contributed by atoms with E-state index in [0.717, 1.165) is 11.7 Å². The number of aromatic nitrogens is 3. The van der Waals surface area contributed by atoms with Gasteiger partial charge in [-0.2, -0.15) is 10.4 Å². The molecule has 0 saturated heterocycles. The Morgan fingerprint density at radius 3 is 3.13 bits per heavy atom. The van der Waals surface area contributed by atoms with Crippen LogP contribution in [0.3, 0.4) is 0 Å². The maximum absolute atomic E-state index is 8.54. The van der Waals surface area contributed by atoms with E-state index in [9.17, 15) is 0 Å². The van der Waals surface area contributed by atoms with Gasteiger partial charge in [0.15, 0.2) is 5.82 Å². The van der Waals surface area contributed by atoms with E-state index in [2.05, 4.69) is 28.2 Å². The summed E-state index contributed by atoms with van der Waals surface area (Å²) >= 11 is 0. The van der Waals surface area contributed by atoms with Crippen molar-refractivity contribution in [3.05, 3.63) is 11.6 Å². The van der Waals surface area contributed by atoms with Gasteiger partial charge in [0.25, 0.3) is 0 Å². The summed E-state index contributed by atoms with van der Waals surface area (Å²) in [4.78, 5) is 4.37. The average molecular weight is 204 g/mol. The molecule has 4 heteroatoms. The minimum Gasteiger partial charge on any atom is -0.262 e. The second-order valence-electron chi connectivity index (χ2n) is 4.44. The minimum atomic E-state index is 0.329. The molecule has 1 fully saturated rings. The molecule has 1 aromatic rings. The Morgan fingerprint density at radius 2 is 2.40 bits per heavy atom. The SMILES string of the molecule is CC1CCCC(c2n[nH]c(CC#N)n2)C1. The van der Waals surface area contributed by atoms with Crippen molar-refractivity contribution in [1.82, 2.24) is 15.2 Å². The zero-order valence-electron chi connectivity index (χ0n) is 9.03. The molecule has 1 aliphatic carbocycles. The smallest absolute Gasteiger partial charge is 0.153 e. The molecule has 2 unspecified atom stereocenters. The number of nitrogens with one attached hydrogen (secondary N) is 1. The molecule has 0 aromatic carbocycles. The Labute approximate surface area is 89.7 Å². The highest BCUT2D eigenvalue weighted by atomic mass is 15.2. The number of hydrogen-bond acceptors (Lipinski definition) is 3. The Balaban J connectivity index is 2.05. The van der Waals surface area contributed by atoms with Gasteiger partial charge in [-0.05, 0) is 18.8 Å². The van der Waals surface area contributed by atoms with E-state index in [1.165, 1.54) is 25.7 Å². The van der Waals surface area contributed by atoms with Crippen molar-refractivity contribution in [2.75, 3.05) is 0 Å². The summed E-state index contributed by atoms with van der Waals surface area (Å²) in [5.74, 6) is 2.89. The predicted molar refractivity (Wildman–Crippen MR) is 56.1 cm³/mol. The molecular weight excluding hydrogens is 188 g/mol. The van der Waals surface area contributed by atoms with Gasteiger partial charge in [-0.15, -0.1) is 0 Å². The van der Waals surface area contributed by atoms with Gasteiger partial charge in [-0.3, -0.25) is 5.10 Å². The quantitative estimate of drug-likeness (QED) is 0.802. The van der Waals surface area contributed by atoms with Crippen molar-refractivity contribution in [2.45, 2.75) is 44.9 Å². The van der Waals surface area contributed by atoms with Crippen molar-refractivity contribution in [3.8, 4) is 6.07 Å². The lowest BCUT2D eigenvalue weighted by molar-refractivity contribution is 0.335. The van der Waals surface area contributed by atoms with Gasteiger partial charge in [0.1, 0.15) is 5.82 Å². The molecule has 2 rings (SSSR count). The third-order valence-electron chi connectivity index (χ3n) is 3.10. The van der Waals surface area contributed by atoms with Crippen LogP contribution in [0.15, 0.2) is 0 Å². The second-order valence-corrected chi connectivity index (χ2v) is 4.44. The summed E-state index contributed by atoms with van der Waals surface area (Å²) in [5, 5.41) is 15.6. The van der Waals surface area contributed by atoms with E-state index in [4.69, 9.17) is 5.26 Å². The number of nitrogens with zero attached hydrogens (tertiary/aromatic N) is 3. The van der Waals surface area contributed by atoms with Crippen molar-refractivity contribution in [3.63, 3.8) is 0 Å². The molecule has 15 heavy (non-hydrogen) atoms. The summed E-state index contributed by atoms with van der Waals surface area (Å²) in [6.45, 7) is 2.29. The van der Waals surface area contributed by atoms with Crippen molar-refractivity contribution in [1.29, 1.82) is 5.26 Å². The second kappa shape index (κ2) is 4.43. The van der Waals surface area contributed by atoms with Crippen molar-refractivity contribution < 1.29 is 0 Å². The summed E-state index contributed by atoms with van der Waals surface area (Å²) in [7, 11) is 0. The van der Waals surface area contributed by atoms with E-state index >= 15 is 0 Å². The monoisotopic (exact) mass is 204 g/mol. The first kappa shape index (κ1) is 10.2. The van der Waals surface area contributed by atoms with Crippen LogP contribution in [0.2, 0.25) is 0 Å². The lowest BCUT2D eigenvalue weighted by Crippen LogP contribution is -2.12. The third-order valence-corrected chi connectivity index (χ3v) is 3.10. The van der Waals surface area contributed by atoms with E-state index in [1.807, 2.05) is 0 Å². The fourth-order valence-electron chi connectivity index (χ4n) is 2.32. The Morgan fingerprint density at radius 1 is 1.53 bits per heavy atom. The van der Waals surface area contributed by atoms with Crippen molar-refractivity contribution >= 4 is 0 Å². The minimum absolute atomic E-state index is 0.329. The maximum Gasteiger partial charge on any atom is 0.153 e. The van der Waals surface area contributed by atoms with Crippen LogP contribution in [-0.4, -0.2) is 15.2 Å². The molecule has 0 spiro atoms. The van der Waals surface area contributed by atoms with Crippen LogP contribution in [0.5, 0.6) is 0 Å². The van der Waals surface area contributed by atoms with Gasteiger partial charge in [-0.1, -0.05) is 19.8 Å². The Hall–Kier alpha value is -1.37. The highest BCUT2D eigenvalue weighted by Gasteiger charge is 2.23. The first-order valence-corrected chi connectivity index (χ1v) is 5.57. The number of H-pyrrole nitrogens is 1. The molecular formula is C11H16N4. The molecule has 1 aliphatic rings. The highest BCUT2D eigenvalue weighted by molar-refractivity contribution is 5.02. The summed E-state index contributed by atoms with van der Waals surface area (Å²) in [6.07, 6.45) is 5.30. The van der Waals surface area contributed by atoms with Crippen LogP contribution < -0.4 is 0 Å². The van der Waals surface area contributed by atoms with E-state index < -0.39 is 0 Å². The lowest BCUT2D eigenvalue weighted by atomic mass is 9.82. The van der Waals surface area contributed by atoms with Gasteiger partial charge in [-0.25, -0.2) is 4.98 Å². The number of aromatic amines is 1. The molecule has 1 heterocycles. The average Bonchev–Trinajstić information content (AvgIpc) is 2.67. The molecule has 0 aliphatic heterocycles. The first-order valence-electron chi connectivity index (χ1n) is 5.57. The van der Waals surface area contributed by atoms with Crippen LogP contribution in [0.4, 0.5) is 0 Å². The van der Waals surface area contributed by atoms with Crippen LogP contribution in [0, 0.1) is 17.2 Å². The molecule has 4 nitrogen and oxygen atoms in total. The van der Waals surface area contributed by atoms with Crippen LogP contribution >= 0.6 is 0 Å². The van der Waals surface area contributed by atoms with Gasteiger partial charge >= 0.3 is 0 Å². The van der Waals surface area contributed by atoms with Gasteiger partial charge < -0.3 is 0 Å². The largest absolute Gasteiger partial charge is 0.262 e. The third kappa shape index (κ3) is 2.35. The topological polar surface area (TPSA) is 65.4 Å². The zero-order chi connectivity index (χ0) is 10.7. The molecule has 1 N–H and O–H groups in total. The van der Waals surface area contributed by atoms with Crippen LogP contribution in [-0.2, 0) is 6.42 Å². The molecule has 2 atom stereocenters. The van der Waals surface area contributed by atoms with Gasteiger partial charge in [0, 0.05) is 5.92 Å². The Bertz CT molecular complexity index is 363. The lowest BCUT2D eigenvalue weighted by Gasteiger charge is -2.24. The molecule has 80 valence electrons. The molecule has 1 aromatic heterocycles. The molecule has 0 radical (unpaired) electrons. The van der Waals surface area contributed by atoms with E-state index in [0.29, 0.717) is 18.2 Å². The fourth-order valence-corrected chi connectivity index (χ4v) is 2.32. The maximum atomic E-state index is 8.54.